The molecule has 2 aromatic carbocycles. The topological polar surface area (TPSA) is 77.0 Å². The Morgan fingerprint density at radius 1 is 1.12 bits per heavy atom. The number of aromatic nitrogens is 3. The average molecular weight is 409 g/mol. The van der Waals surface area contributed by atoms with Crippen molar-refractivity contribution in [1.29, 1.82) is 0 Å². The van der Waals surface area contributed by atoms with Crippen molar-refractivity contribution < 1.29 is 5.11 Å². The SMILES string of the molecule is CCn1ccc2cc(-c3cnc(N)nc3-c3cc(Br)ccc3O)ccc21. The fourth-order valence-corrected chi connectivity index (χ4v) is 3.51. The van der Waals surface area contributed by atoms with E-state index >= 15 is 0 Å². The fourth-order valence-electron chi connectivity index (χ4n) is 3.15. The van der Waals surface area contributed by atoms with Crippen LogP contribution in [0.1, 0.15) is 6.92 Å². The molecule has 0 bridgehead atoms. The molecule has 0 spiro atoms. The Morgan fingerprint density at radius 3 is 2.77 bits per heavy atom. The van der Waals surface area contributed by atoms with E-state index in [0.717, 1.165) is 27.5 Å². The zero-order chi connectivity index (χ0) is 18.3. The number of hydrogen-bond acceptors (Lipinski definition) is 4. The molecule has 2 aromatic heterocycles. The van der Waals surface area contributed by atoms with Gasteiger partial charge in [-0.05, 0) is 48.9 Å². The number of nitrogen functional groups attached to an aromatic ring is 1. The third kappa shape index (κ3) is 2.82. The molecular weight excluding hydrogens is 392 g/mol. The van der Waals surface area contributed by atoms with Gasteiger partial charge in [0.25, 0.3) is 0 Å². The highest BCUT2D eigenvalue weighted by atomic mass is 79.9. The molecular formula is C20H17BrN4O. The van der Waals surface area contributed by atoms with Crippen molar-refractivity contribution in [3.8, 4) is 28.1 Å². The largest absolute Gasteiger partial charge is 0.507 e. The quantitative estimate of drug-likeness (QED) is 0.508. The van der Waals surface area contributed by atoms with Crippen molar-refractivity contribution in [2.75, 3.05) is 5.73 Å². The van der Waals surface area contributed by atoms with Gasteiger partial charge in [-0.15, -0.1) is 0 Å². The van der Waals surface area contributed by atoms with E-state index in [1.807, 2.05) is 12.1 Å². The second-order valence-electron chi connectivity index (χ2n) is 6.03. The molecule has 4 rings (SSSR count). The fraction of sp³-hybridized carbons (Fsp3) is 0.100. The Kier molecular flexibility index (Phi) is 4.12. The van der Waals surface area contributed by atoms with Crippen molar-refractivity contribution in [1.82, 2.24) is 14.5 Å². The minimum Gasteiger partial charge on any atom is -0.507 e. The molecule has 4 aromatic rings. The minimum atomic E-state index is 0.144. The van der Waals surface area contributed by atoms with Crippen LogP contribution in [0, 0.1) is 0 Å². The van der Waals surface area contributed by atoms with Crippen LogP contribution in [0.2, 0.25) is 0 Å². The maximum absolute atomic E-state index is 10.3. The number of rotatable bonds is 3. The van der Waals surface area contributed by atoms with Crippen LogP contribution in [0.4, 0.5) is 5.95 Å². The number of phenolic OH excluding ortho intramolecular Hbond substituents is 1. The molecule has 0 unspecified atom stereocenters. The highest BCUT2D eigenvalue weighted by Crippen LogP contribution is 2.37. The Labute approximate surface area is 159 Å². The molecule has 130 valence electrons. The molecule has 2 heterocycles. The number of aryl methyl sites for hydroxylation is 1. The Bertz CT molecular complexity index is 1120. The summed E-state index contributed by atoms with van der Waals surface area (Å²) in [6, 6.07) is 13.6. The highest BCUT2D eigenvalue weighted by molar-refractivity contribution is 9.10. The molecule has 3 N–H and O–H groups in total. The summed E-state index contributed by atoms with van der Waals surface area (Å²) in [5.74, 6) is 0.312. The normalized spacial score (nSPS) is 11.2. The van der Waals surface area contributed by atoms with Crippen LogP contribution < -0.4 is 5.73 Å². The lowest BCUT2D eigenvalue weighted by Crippen LogP contribution is -1.99. The van der Waals surface area contributed by atoms with E-state index in [1.54, 1.807) is 18.3 Å². The molecule has 0 aliphatic carbocycles. The van der Waals surface area contributed by atoms with Crippen LogP contribution in [0.15, 0.2) is 59.3 Å². The summed E-state index contributed by atoms with van der Waals surface area (Å²) in [6.45, 7) is 3.04. The number of fused-ring (bicyclic) bond motifs is 1. The van der Waals surface area contributed by atoms with Crippen LogP contribution in [-0.4, -0.2) is 19.6 Å². The number of hydrogen-bond donors (Lipinski definition) is 2. The van der Waals surface area contributed by atoms with Gasteiger partial charge in [0.05, 0.1) is 5.69 Å². The monoisotopic (exact) mass is 408 g/mol. The summed E-state index contributed by atoms with van der Waals surface area (Å²) in [4.78, 5) is 8.57. The minimum absolute atomic E-state index is 0.144. The van der Waals surface area contributed by atoms with Crippen LogP contribution in [0.3, 0.4) is 0 Å². The lowest BCUT2D eigenvalue weighted by atomic mass is 9.99. The molecule has 5 nitrogen and oxygen atoms in total. The first-order valence-corrected chi connectivity index (χ1v) is 9.07. The number of nitrogens with two attached hydrogens (primary N) is 1. The predicted octanol–water partition coefficient (Wildman–Crippen LogP) is 4.84. The smallest absolute Gasteiger partial charge is 0.220 e. The first-order chi connectivity index (χ1) is 12.6. The van der Waals surface area contributed by atoms with E-state index in [4.69, 9.17) is 5.73 Å². The number of phenols is 1. The van der Waals surface area contributed by atoms with Crippen LogP contribution in [-0.2, 0) is 6.54 Å². The maximum Gasteiger partial charge on any atom is 0.220 e. The number of anilines is 1. The van der Waals surface area contributed by atoms with Gasteiger partial charge in [-0.2, -0.15) is 0 Å². The molecule has 0 saturated heterocycles. The molecule has 0 atom stereocenters. The molecule has 0 radical (unpaired) electrons. The van der Waals surface area contributed by atoms with Crippen molar-refractivity contribution in [3.05, 3.63) is 59.3 Å². The maximum atomic E-state index is 10.3. The lowest BCUT2D eigenvalue weighted by Gasteiger charge is -2.12. The Morgan fingerprint density at radius 2 is 1.96 bits per heavy atom. The van der Waals surface area contributed by atoms with E-state index in [1.165, 1.54) is 5.52 Å². The molecule has 0 aliphatic rings. The van der Waals surface area contributed by atoms with E-state index in [-0.39, 0.29) is 11.7 Å². The van der Waals surface area contributed by atoms with Gasteiger partial charge in [-0.3, -0.25) is 0 Å². The molecule has 0 saturated carbocycles. The van der Waals surface area contributed by atoms with E-state index in [9.17, 15) is 5.11 Å². The van der Waals surface area contributed by atoms with Gasteiger partial charge in [0.2, 0.25) is 5.95 Å². The summed E-state index contributed by atoms with van der Waals surface area (Å²) in [6.07, 6.45) is 3.78. The number of halogens is 1. The first-order valence-electron chi connectivity index (χ1n) is 8.27. The zero-order valence-corrected chi connectivity index (χ0v) is 15.7. The number of benzene rings is 2. The first kappa shape index (κ1) is 16.6. The van der Waals surface area contributed by atoms with Gasteiger partial charge in [-0.25, -0.2) is 9.97 Å². The number of aromatic hydroxyl groups is 1. The molecule has 0 amide bonds. The predicted molar refractivity (Wildman–Crippen MR) is 108 cm³/mol. The lowest BCUT2D eigenvalue weighted by molar-refractivity contribution is 0.477. The van der Waals surface area contributed by atoms with Crippen molar-refractivity contribution in [2.45, 2.75) is 13.5 Å². The molecule has 0 aliphatic heterocycles. The van der Waals surface area contributed by atoms with Crippen molar-refractivity contribution >= 4 is 32.8 Å². The zero-order valence-electron chi connectivity index (χ0n) is 14.1. The number of nitrogens with zero attached hydrogens (tertiary/aromatic N) is 3. The van der Waals surface area contributed by atoms with Crippen LogP contribution >= 0.6 is 15.9 Å². The van der Waals surface area contributed by atoms with Gasteiger partial charge in [-0.1, -0.05) is 22.0 Å². The van der Waals surface area contributed by atoms with E-state index < -0.39 is 0 Å². The third-order valence-corrected chi connectivity index (χ3v) is 4.94. The Balaban J connectivity index is 1.94. The van der Waals surface area contributed by atoms with Crippen molar-refractivity contribution in [3.63, 3.8) is 0 Å². The summed E-state index contributed by atoms with van der Waals surface area (Å²) in [5.41, 5.74) is 10.0. The van der Waals surface area contributed by atoms with Crippen LogP contribution in [0.5, 0.6) is 5.75 Å². The highest BCUT2D eigenvalue weighted by Gasteiger charge is 2.15. The van der Waals surface area contributed by atoms with Gasteiger partial charge in [0.15, 0.2) is 0 Å². The summed E-state index contributed by atoms with van der Waals surface area (Å²) in [7, 11) is 0. The van der Waals surface area contributed by atoms with Gasteiger partial charge in [0, 0.05) is 45.4 Å². The van der Waals surface area contributed by atoms with Crippen LogP contribution in [0.25, 0.3) is 33.3 Å². The van der Waals surface area contributed by atoms with Gasteiger partial charge >= 0.3 is 0 Å². The Hall–Kier alpha value is -2.86. The van der Waals surface area contributed by atoms with Gasteiger partial charge in [0.1, 0.15) is 5.75 Å². The third-order valence-electron chi connectivity index (χ3n) is 4.44. The summed E-state index contributed by atoms with van der Waals surface area (Å²) < 4.78 is 3.04. The average Bonchev–Trinajstić information content (AvgIpc) is 3.06. The molecule has 0 fully saturated rings. The second kappa shape index (κ2) is 6.46. The standard InChI is InChI=1S/C20H17BrN4O/c1-2-25-8-7-13-9-12(3-5-17(13)25)16-11-23-20(22)24-19(16)15-10-14(21)4-6-18(15)26/h3-11,26H,2H2,1H3,(H2,22,23,24). The summed E-state index contributed by atoms with van der Waals surface area (Å²) >= 11 is 3.45. The van der Waals surface area contributed by atoms with E-state index in [2.05, 4.69) is 61.8 Å². The van der Waals surface area contributed by atoms with Crippen molar-refractivity contribution in [2.24, 2.45) is 0 Å². The molecule has 26 heavy (non-hydrogen) atoms. The van der Waals surface area contributed by atoms with E-state index in [0.29, 0.717) is 11.3 Å². The van der Waals surface area contributed by atoms with Gasteiger partial charge < -0.3 is 15.4 Å². The second-order valence-corrected chi connectivity index (χ2v) is 6.94. The molecule has 6 heteroatoms. The summed E-state index contributed by atoms with van der Waals surface area (Å²) in [5, 5.41) is 11.5.